The average Bonchev–Trinajstić information content (AvgIpc) is 2.84. The van der Waals surface area contributed by atoms with E-state index >= 15 is 0 Å². The van der Waals surface area contributed by atoms with E-state index < -0.39 is 0 Å². The van der Waals surface area contributed by atoms with Crippen molar-refractivity contribution in [2.24, 2.45) is 0 Å². The SMILES string of the molecule is Cc1ccc(N(C(=S)[S-])c2ccc(C)cc2)cc1.Cc1ccc(N(C(=S)[S-])c2ccc(C)cc2)cc1.[Zn+2]. The van der Waals surface area contributed by atoms with Gasteiger partial charge in [-0.1, -0.05) is 79.4 Å². The first-order chi connectivity index (χ1) is 17.2. The molecule has 4 aromatic rings. The van der Waals surface area contributed by atoms with Gasteiger partial charge in [0.1, 0.15) is 0 Å². The van der Waals surface area contributed by atoms with Crippen LogP contribution in [-0.2, 0) is 44.7 Å². The first-order valence-corrected chi connectivity index (χ1v) is 13.1. The van der Waals surface area contributed by atoms with Gasteiger partial charge in [0.05, 0.1) is 0 Å². The number of anilines is 4. The summed E-state index contributed by atoms with van der Waals surface area (Å²) in [7, 11) is 0. The van der Waals surface area contributed by atoms with Gasteiger partial charge in [-0.05, 0) is 76.2 Å². The molecule has 0 amide bonds. The van der Waals surface area contributed by atoms with Crippen molar-refractivity contribution in [2.45, 2.75) is 27.7 Å². The van der Waals surface area contributed by atoms with Gasteiger partial charge in [0.25, 0.3) is 0 Å². The second kappa shape index (κ2) is 14.6. The van der Waals surface area contributed by atoms with Gasteiger partial charge in [-0.2, -0.15) is 0 Å². The first-order valence-electron chi connectivity index (χ1n) is 11.4. The molecule has 0 aromatic heterocycles. The smallest absolute Gasteiger partial charge is 0.411 e. The van der Waals surface area contributed by atoms with Gasteiger partial charge < -0.3 is 59.5 Å². The minimum Gasteiger partial charge on any atom is -0.411 e. The van der Waals surface area contributed by atoms with Crippen LogP contribution in [0.5, 0.6) is 0 Å². The molecule has 0 aliphatic rings. The van der Waals surface area contributed by atoms with Gasteiger partial charge in [0.2, 0.25) is 0 Å². The van der Waals surface area contributed by atoms with Crippen LogP contribution in [0, 0.1) is 27.7 Å². The average molecular weight is 610 g/mol. The Labute approximate surface area is 255 Å². The van der Waals surface area contributed by atoms with E-state index in [1.165, 1.54) is 22.3 Å². The second-order valence-electron chi connectivity index (χ2n) is 8.54. The maximum Gasteiger partial charge on any atom is 2.00 e. The van der Waals surface area contributed by atoms with Crippen molar-refractivity contribution in [1.82, 2.24) is 0 Å². The summed E-state index contributed by atoms with van der Waals surface area (Å²) in [6.45, 7) is 8.25. The fourth-order valence-corrected chi connectivity index (χ4v) is 4.34. The monoisotopic (exact) mass is 608 g/mol. The summed E-state index contributed by atoms with van der Waals surface area (Å²) in [6, 6.07) is 32.8. The molecule has 7 heteroatoms. The zero-order chi connectivity index (χ0) is 26.2. The maximum atomic E-state index is 5.19. The van der Waals surface area contributed by atoms with Crippen molar-refractivity contribution < 1.29 is 19.5 Å². The minimum absolute atomic E-state index is 0. The van der Waals surface area contributed by atoms with Gasteiger partial charge in [-0.25, -0.2) is 0 Å². The Balaban J connectivity index is 0.000000253. The van der Waals surface area contributed by atoms with Crippen LogP contribution in [0.3, 0.4) is 0 Å². The van der Waals surface area contributed by atoms with Gasteiger partial charge in [0.15, 0.2) is 0 Å². The molecular formula is C30H28N2S4Zn. The number of nitrogens with zero attached hydrogens (tertiary/aromatic N) is 2. The number of benzene rings is 4. The van der Waals surface area contributed by atoms with Crippen LogP contribution < -0.4 is 9.80 Å². The zero-order valence-corrected chi connectivity index (χ0v) is 27.7. The van der Waals surface area contributed by atoms with Crippen molar-refractivity contribution >= 4 is 81.1 Å². The Hall–Kier alpha value is -2.28. The molecule has 0 aliphatic heterocycles. The van der Waals surface area contributed by atoms with E-state index in [0.29, 0.717) is 8.64 Å². The number of rotatable bonds is 4. The summed E-state index contributed by atoms with van der Waals surface area (Å²) in [5, 5.41) is 0. The van der Waals surface area contributed by atoms with E-state index in [1.807, 2.05) is 58.3 Å². The van der Waals surface area contributed by atoms with Gasteiger partial charge in [-0.3, -0.25) is 0 Å². The predicted molar refractivity (Wildman–Crippen MR) is 169 cm³/mol. The molecule has 0 atom stereocenters. The summed E-state index contributed by atoms with van der Waals surface area (Å²) in [5.41, 5.74) is 8.90. The van der Waals surface area contributed by atoms with Gasteiger partial charge >= 0.3 is 19.5 Å². The van der Waals surface area contributed by atoms with Crippen LogP contribution >= 0.6 is 24.4 Å². The number of hydrogen-bond acceptors (Lipinski definition) is 4. The molecule has 184 valence electrons. The van der Waals surface area contributed by atoms with E-state index in [2.05, 4.69) is 76.2 Å². The van der Waals surface area contributed by atoms with E-state index in [4.69, 9.17) is 49.7 Å². The summed E-state index contributed by atoms with van der Waals surface area (Å²) < 4.78 is 0.866. The summed E-state index contributed by atoms with van der Waals surface area (Å²) in [6.07, 6.45) is 0. The number of thiocarbonyl (C=S) groups is 2. The quantitative estimate of drug-likeness (QED) is 0.129. The molecule has 0 unspecified atom stereocenters. The molecule has 4 rings (SSSR count). The molecule has 0 fully saturated rings. The van der Waals surface area contributed by atoms with E-state index in [1.54, 1.807) is 0 Å². The Morgan fingerprint density at radius 2 is 0.595 bits per heavy atom. The molecular weight excluding hydrogens is 582 g/mol. The standard InChI is InChI=1S/2C15H15NS2.Zn/c2*1-11-3-7-13(8-4-11)16(15(17)18)14-9-5-12(2)6-10-14;/h2*3-10H,1-2H3,(H,17,18);/q;;+2/p-2. The van der Waals surface area contributed by atoms with Crippen molar-refractivity contribution in [3.63, 3.8) is 0 Å². The van der Waals surface area contributed by atoms with Crippen molar-refractivity contribution in [3.05, 3.63) is 119 Å². The molecule has 0 heterocycles. The summed E-state index contributed by atoms with van der Waals surface area (Å²) in [4.78, 5) is 3.81. The largest absolute Gasteiger partial charge is 2.00 e. The molecule has 2 nitrogen and oxygen atoms in total. The van der Waals surface area contributed by atoms with E-state index in [0.717, 1.165) is 22.7 Å². The van der Waals surface area contributed by atoms with Crippen LogP contribution in [0.15, 0.2) is 97.1 Å². The Morgan fingerprint density at radius 3 is 0.730 bits per heavy atom. The van der Waals surface area contributed by atoms with E-state index in [-0.39, 0.29) is 19.5 Å². The maximum absolute atomic E-state index is 5.19. The van der Waals surface area contributed by atoms with Crippen molar-refractivity contribution in [3.8, 4) is 0 Å². The van der Waals surface area contributed by atoms with Gasteiger partial charge in [-0.15, -0.1) is 0 Å². The Morgan fingerprint density at radius 1 is 0.432 bits per heavy atom. The molecule has 0 bridgehead atoms. The third kappa shape index (κ3) is 8.91. The van der Waals surface area contributed by atoms with Crippen LogP contribution in [-0.4, -0.2) is 8.64 Å². The van der Waals surface area contributed by atoms with E-state index in [9.17, 15) is 0 Å². The third-order valence-corrected chi connectivity index (χ3v) is 6.26. The zero-order valence-electron chi connectivity index (χ0n) is 21.5. The summed E-state index contributed by atoms with van der Waals surface area (Å²) >= 11 is 20.7. The van der Waals surface area contributed by atoms with Gasteiger partial charge in [0, 0.05) is 22.7 Å². The molecule has 4 aromatic carbocycles. The molecule has 37 heavy (non-hydrogen) atoms. The topological polar surface area (TPSA) is 6.48 Å². The second-order valence-corrected chi connectivity index (χ2v) is 10.6. The first kappa shape index (κ1) is 30.9. The van der Waals surface area contributed by atoms with Crippen LogP contribution in [0.1, 0.15) is 22.3 Å². The molecule has 0 saturated carbocycles. The molecule has 0 aliphatic carbocycles. The minimum atomic E-state index is 0. The Bertz CT molecular complexity index is 1110. The van der Waals surface area contributed by atoms with Crippen molar-refractivity contribution in [2.75, 3.05) is 9.80 Å². The predicted octanol–water partition coefficient (Wildman–Crippen LogP) is 8.54. The third-order valence-electron chi connectivity index (χ3n) is 5.53. The molecule has 0 saturated heterocycles. The fraction of sp³-hybridized carbons (Fsp3) is 0.133. The Kier molecular flexibility index (Phi) is 12.2. The molecule has 0 radical (unpaired) electrons. The molecule has 0 spiro atoms. The van der Waals surface area contributed by atoms with Crippen LogP contribution in [0.4, 0.5) is 22.7 Å². The summed E-state index contributed by atoms with van der Waals surface area (Å²) in [5.74, 6) is 0. The molecule has 0 N–H and O–H groups in total. The van der Waals surface area contributed by atoms with Crippen LogP contribution in [0.25, 0.3) is 0 Å². The van der Waals surface area contributed by atoms with Crippen LogP contribution in [0.2, 0.25) is 0 Å². The fourth-order valence-electron chi connectivity index (χ4n) is 3.50. The normalized spacial score (nSPS) is 9.84. The number of aryl methyl sites for hydroxylation is 4. The van der Waals surface area contributed by atoms with Crippen molar-refractivity contribution in [1.29, 1.82) is 0 Å². The number of hydrogen-bond donors (Lipinski definition) is 0.